The number of hydrogen-bond acceptors (Lipinski definition) is 5. The van der Waals surface area contributed by atoms with E-state index in [0.717, 1.165) is 40.0 Å². The summed E-state index contributed by atoms with van der Waals surface area (Å²) in [6.07, 6.45) is 6.68. The number of thioether (sulfide) groups is 1. The molecule has 2 aliphatic heterocycles. The van der Waals surface area contributed by atoms with E-state index in [0.29, 0.717) is 31.2 Å². The van der Waals surface area contributed by atoms with Crippen LogP contribution in [0.2, 0.25) is 0 Å². The topological polar surface area (TPSA) is 78.8 Å². The molecule has 180 valence electrons. The number of carbonyl (C=O) groups excluding carboxylic acids is 1. The van der Waals surface area contributed by atoms with Crippen LogP contribution in [0.4, 0.5) is 8.78 Å². The van der Waals surface area contributed by atoms with E-state index in [9.17, 15) is 22.0 Å². The van der Waals surface area contributed by atoms with E-state index in [-0.39, 0.29) is 24.9 Å². The molecule has 4 atom stereocenters. The molecule has 1 N–H and O–H groups in total. The molecular formula is C23H29F2N3O3S2. The fourth-order valence-electron chi connectivity index (χ4n) is 6.02. The van der Waals surface area contributed by atoms with Crippen molar-refractivity contribution >= 4 is 32.9 Å². The maximum absolute atomic E-state index is 14.1. The number of fused-ring (bicyclic) bond motifs is 2. The Morgan fingerprint density at radius 2 is 1.85 bits per heavy atom. The fraction of sp³-hybridized carbons (Fsp3) is 0.652. The average molecular weight is 498 g/mol. The highest BCUT2D eigenvalue weighted by Gasteiger charge is 2.46. The zero-order valence-corrected chi connectivity index (χ0v) is 20.2. The number of halogens is 2. The molecule has 1 unspecified atom stereocenters. The summed E-state index contributed by atoms with van der Waals surface area (Å²) < 4.78 is 54.3. The molecule has 0 spiro atoms. The highest BCUT2D eigenvalue weighted by Crippen LogP contribution is 2.46. The molecule has 1 aromatic rings. The molecule has 2 heterocycles. The van der Waals surface area contributed by atoms with E-state index >= 15 is 0 Å². The SMILES string of the molecule is CC1(CC2CCN(S(=O)(=O)c3c(F)cccc3F)CC2)SC(N[C@H]2C[C@H]3CC[C@H]2C3)=NC1=O. The minimum absolute atomic E-state index is 0.137. The molecule has 33 heavy (non-hydrogen) atoms. The second-order valence-corrected chi connectivity index (χ2v) is 13.4. The summed E-state index contributed by atoms with van der Waals surface area (Å²) in [6, 6.07) is 3.47. The third-order valence-corrected chi connectivity index (χ3v) is 10.9. The number of piperidine rings is 1. The molecule has 3 fully saturated rings. The van der Waals surface area contributed by atoms with Gasteiger partial charge in [0.05, 0.1) is 0 Å². The van der Waals surface area contributed by atoms with Crippen molar-refractivity contribution in [3.63, 3.8) is 0 Å². The quantitative estimate of drug-likeness (QED) is 0.667. The molecule has 4 aliphatic rings. The van der Waals surface area contributed by atoms with Gasteiger partial charge in [0, 0.05) is 19.1 Å². The lowest BCUT2D eigenvalue weighted by molar-refractivity contribution is -0.119. The number of amidine groups is 1. The number of benzene rings is 1. The van der Waals surface area contributed by atoms with Crippen molar-refractivity contribution in [2.24, 2.45) is 22.7 Å². The van der Waals surface area contributed by atoms with Gasteiger partial charge in [0.1, 0.15) is 16.4 Å². The predicted molar refractivity (Wildman–Crippen MR) is 123 cm³/mol. The van der Waals surface area contributed by atoms with E-state index in [1.54, 1.807) is 0 Å². The van der Waals surface area contributed by atoms with Crippen molar-refractivity contribution < 1.29 is 22.0 Å². The summed E-state index contributed by atoms with van der Waals surface area (Å²) in [5.41, 5.74) is 0. The number of nitrogens with zero attached hydrogens (tertiary/aromatic N) is 2. The number of sulfonamides is 1. The summed E-state index contributed by atoms with van der Waals surface area (Å²) in [5, 5.41) is 4.24. The van der Waals surface area contributed by atoms with Gasteiger partial charge in [-0.25, -0.2) is 17.2 Å². The molecule has 2 saturated carbocycles. The van der Waals surface area contributed by atoms with Crippen LogP contribution in [0.15, 0.2) is 28.1 Å². The first-order valence-corrected chi connectivity index (χ1v) is 13.9. The van der Waals surface area contributed by atoms with E-state index in [1.165, 1.54) is 31.0 Å². The first-order chi connectivity index (χ1) is 15.7. The zero-order chi connectivity index (χ0) is 23.4. The zero-order valence-electron chi connectivity index (χ0n) is 18.6. The number of hydrogen-bond donors (Lipinski definition) is 1. The second kappa shape index (κ2) is 8.61. The number of amides is 1. The lowest BCUT2D eigenvalue weighted by Gasteiger charge is -2.34. The van der Waals surface area contributed by atoms with Gasteiger partial charge in [-0.05, 0) is 75.3 Å². The molecule has 2 aliphatic carbocycles. The van der Waals surface area contributed by atoms with Crippen LogP contribution >= 0.6 is 11.8 Å². The molecule has 2 bridgehead atoms. The largest absolute Gasteiger partial charge is 0.361 e. The average Bonchev–Trinajstić information content (AvgIpc) is 3.43. The van der Waals surface area contributed by atoms with Crippen LogP contribution in [0, 0.1) is 29.4 Å². The Labute approximate surface area is 197 Å². The van der Waals surface area contributed by atoms with Crippen molar-refractivity contribution in [3.8, 4) is 0 Å². The normalized spacial score (nSPS) is 33.0. The molecule has 5 rings (SSSR count). The standard InChI is InChI=1S/C23H29F2N3O3S2/c1-23(21(29)27-22(32-23)26-19-12-15-5-6-16(19)11-15)13-14-7-9-28(10-8-14)33(30,31)20-17(24)3-2-4-18(20)25/h2-4,14-16,19H,5-13H2,1H3,(H,26,27,29)/t15-,16-,19-,23?/m0/s1. The third-order valence-electron chi connectivity index (χ3n) is 7.79. The van der Waals surface area contributed by atoms with Crippen molar-refractivity contribution in [1.82, 2.24) is 9.62 Å². The highest BCUT2D eigenvalue weighted by atomic mass is 32.2. The molecule has 10 heteroatoms. The predicted octanol–water partition coefficient (Wildman–Crippen LogP) is 3.92. The Morgan fingerprint density at radius 3 is 2.45 bits per heavy atom. The van der Waals surface area contributed by atoms with Crippen LogP contribution in [0.25, 0.3) is 0 Å². The van der Waals surface area contributed by atoms with Crippen LogP contribution in [-0.4, -0.2) is 47.7 Å². The van der Waals surface area contributed by atoms with Crippen LogP contribution < -0.4 is 5.32 Å². The fourth-order valence-corrected chi connectivity index (χ4v) is 8.82. The van der Waals surface area contributed by atoms with E-state index in [4.69, 9.17) is 0 Å². The smallest absolute Gasteiger partial charge is 0.264 e. The lowest BCUT2D eigenvalue weighted by atomic mass is 9.87. The van der Waals surface area contributed by atoms with Crippen LogP contribution in [-0.2, 0) is 14.8 Å². The van der Waals surface area contributed by atoms with E-state index in [2.05, 4.69) is 10.3 Å². The van der Waals surface area contributed by atoms with Gasteiger partial charge in [0.15, 0.2) is 10.1 Å². The van der Waals surface area contributed by atoms with Gasteiger partial charge < -0.3 is 5.32 Å². The summed E-state index contributed by atoms with van der Waals surface area (Å²) in [5.74, 6) is -0.663. The number of nitrogens with one attached hydrogen (secondary N) is 1. The van der Waals surface area contributed by atoms with Crippen LogP contribution in [0.3, 0.4) is 0 Å². The maximum atomic E-state index is 14.1. The van der Waals surface area contributed by atoms with Gasteiger partial charge in [-0.2, -0.15) is 9.30 Å². The number of carbonyl (C=O) groups is 1. The van der Waals surface area contributed by atoms with Crippen LogP contribution in [0.5, 0.6) is 0 Å². The number of aliphatic imine (C=N–C) groups is 1. The Morgan fingerprint density at radius 1 is 1.15 bits per heavy atom. The van der Waals surface area contributed by atoms with Crippen molar-refractivity contribution in [2.75, 3.05) is 13.1 Å². The van der Waals surface area contributed by atoms with Gasteiger partial charge in [-0.3, -0.25) is 4.79 Å². The van der Waals surface area contributed by atoms with Crippen molar-refractivity contribution in [1.29, 1.82) is 0 Å². The molecule has 6 nitrogen and oxygen atoms in total. The van der Waals surface area contributed by atoms with Gasteiger partial charge in [-0.15, -0.1) is 0 Å². The van der Waals surface area contributed by atoms with Crippen molar-refractivity contribution in [2.45, 2.75) is 67.6 Å². The lowest BCUT2D eigenvalue weighted by Crippen LogP contribution is -2.41. The van der Waals surface area contributed by atoms with Gasteiger partial charge in [-0.1, -0.05) is 24.2 Å². The summed E-state index contributed by atoms with van der Waals surface area (Å²) in [6.45, 7) is 2.26. The van der Waals surface area contributed by atoms with Gasteiger partial charge >= 0.3 is 0 Å². The molecular weight excluding hydrogens is 468 g/mol. The minimum Gasteiger partial charge on any atom is -0.361 e. The van der Waals surface area contributed by atoms with Gasteiger partial charge in [0.2, 0.25) is 10.0 Å². The molecule has 1 aromatic carbocycles. The Balaban J connectivity index is 1.18. The van der Waals surface area contributed by atoms with E-state index in [1.807, 2.05) is 6.92 Å². The third kappa shape index (κ3) is 4.34. The minimum atomic E-state index is -4.25. The van der Waals surface area contributed by atoms with E-state index < -0.39 is 31.3 Å². The highest BCUT2D eigenvalue weighted by molar-refractivity contribution is 8.16. The Bertz CT molecular complexity index is 1070. The first-order valence-electron chi connectivity index (χ1n) is 11.7. The Kier molecular flexibility index (Phi) is 6.06. The number of rotatable bonds is 5. The summed E-state index contributed by atoms with van der Waals surface area (Å²) in [4.78, 5) is 16.2. The first kappa shape index (κ1) is 23.2. The molecule has 1 amide bonds. The second-order valence-electron chi connectivity index (χ2n) is 10.1. The summed E-state index contributed by atoms with van der Waals surface area (Å²) >= 11 is 1.49. The maximum Gasteiger partial charge on any atom is 0.264 e. The summed E-state index contributed by atoms with van der Waals surface area (Å²) in [7, 11) is -4.25. The van der Waals surface area contributed by atoms with Crippen molar-refractivity contribution in [3.05, 3.63) is 29.8 Å². The molecule has 0 aromatic heterocycles. The van der Waals surface area contributed by atoms with Crippen LogP contribution in [0.1, 0.15) is 51.9 Å². The monoisotopic (exact) mass is 497 g/mol. The molecule has 1 saturated heterocycles. The molecule has 0 radical (unpaired) electrons. The van der Waals surface area contributed by atoms with Gasteiger partial charge in [0.25, 0.3) is 5.91 Å². The Hall–Kier alpha value is -1.52.